The van der Waals surface area contributed by atoms with Gasteiger partial charge in [-0.25, -0.2) is 8.42 Å². The van der Waals surface area contributed by atoms with Crippen molar-refractivity contribution in [2.45, 2.75) is 43.2 Å². The van der Waals surface area contributed by atoms with E-state index >= 15 is 0 Å². The minimum absolute atomic E-state index is 0.0356. The summed E-state index contributed by atoms with van der Waals surface area (Å²) in [6.07, 6.45) is 2.63. The zero-order valence-electron chi connectivity index (χ0n) is 10.1. The van der Waals surface area contributed by atoms with E-state index in [2.05, 4.69) is 35.8 Å². The first-order chi connectivity index (χ1) is 7.92. The standard InChI is InChI=1S/C12H17BrO2S2/c1-8-7-9(2)16-12(8)11(13)10-5-3-4-6-17(10,14)15/h7,10-11H,3-6H2,1-2H3. The molecule has 2 atom stereocenters. The lowest BCUT2D eigenvalue weighted by atomic mass is 10.1. The maximum atomic E-state index is 12.1. The summed E-state index contributed by atoms with van der Waals surface area (Å²) in [7, 11) is -2.92. The third-order valence-corrected chi connectivity index (χ3v) is 8.56. The van der Waals surface area contributed by atoms with Crippen LogP contribution in [0, 0.1) is 13.8 Å². The molecule has 0 amide bonds. The van der Waals surface area contributed by atoms with Gasteiger partial charge in [0, 0.05) is 9.75 Å². The highest BCUT2D eigenvalue weighted by Crippen LogP contribution is 2.41. The third-order valence-electron chi connectivity index (χ3n) is 3.29. The zero-order chi connectivity index (χ0) is 12.6. The summed E-state index contributed by atoms with van der Waals surface area (Å²) < 4.78 is 24.2. The van der Waals surface area contributed by atoms with Crippen molar-refractivity contribution < 1.29 is 8.42 Å². The number of hydrogen-bond acceptors (Lipinski definition) is 3. The lowest BCUT2D eigenvalue weighted by Crippen LogP contribution is -2.31. The van der Waals surface area contributed by atoms with Crippen molar-refractivity contribution >= 4 is 37.1 Å². The van der Waals surface area contributed by atoms with Crippen molar-refractivity contribution in [1.82, 2.24) is 0 Å². The van der Waals surface area contributed by atoms with Crippen LogP contribution >= 0.6 is 27.3 Å². The molecule has 1 aliphatic rings. The molecule has 0 spiro atoms. The fraction of sp³-hybridized carbons (Fsp3) is 0.667. The molecule has 1 aromatic heterocycles. The van der Waals surface area contributed by atoms with E-state index in [-0.39, 0.29) is 10.1 Å². The van der Waals surface area contributed by atoms with Gasteiger partial charge in [0.2, 0.25) is 0 Å². The Morgan fingerprint density at radius 2 is 2.12 bits per heavy atom. The van der Waals surface area contributed by atoms with Crippen molar-refractivity contribution in [3.63, 3.8) is 0 Å². The second-order valence-corrected chi connectivity index (χ2v) is 9.32. The topological polar surface area (TPSA) is 34.1 Å². The molecule has 1 fully saturated rings. The lowest BCUT2D eigenvalue weighted by Gasteiger charge is -2.26. The van der Waals surface area contributed by atoms with E-state index in [9.17, 15) is 8.42 Å². The van der Waals surface area contributed by atoms with Crippen LogP contribution in [0.2, 0.25) is 0 Å². The minimum atomic E-state index is -2.92. The Labute approximate surface area is 115 Å². The Kier molecular flexibility index (Phi) is 4.00. The smallest absolute Gasteiger partial charge is 0.154 e. The van der Waals surface area contributed by atoms with Crippen LogP contribution in [0.25, 0.3) is 0 Å². The predicted molar refractivity (Wildman–Crippen MR) is 76.9 cm³/mol. The largest absolute Gasteiger partial charge is 0.228 e. The van der Waals surface area contributed by atoms with E-state index in [1.807, 2.05) is 0 Å². The lowest BCUT2D eigenvalue weighted by molar-refractivity contribution is 0.537. The number of sulfone groups is 1. The summed E-state index contributed by atoms with van der Waals surface area (Å²) in [5.74, 6) is 0.350. The molecule has 0 bridgehead atoms. The molecule has 1 saturated heterocycles. The maximum Gasteiger partial charge on any atom is 0.154 e. The molecular formula is C12H17BrO2S2. The highest BCUT2D eigenvalue weighted by Gasteiger charge is 2.36. The van der Waals surface area contributed by atoms with E-state index in [0.29, 0.717) is 5.75 Å². The van der Waals surface area contributed by atoms with Gasteiger partial charge in [0.15, 0.2) is 9.84 Å². The maximum absolute atomic E-state index is 12.1. The Morgan fingerprint density at radius 3 is 2.65 bits per heavy atom. The SMILES string of the molecule is Cc1cc(C)c(C(Br)C2CCCCS2(=O)=O)s1. The van der Waals surface area contributed by atoms with Gasteiger partial charge in [-0.1, -0.05) is 22.4 Å². The molecule has 0 aliphatic carbocycles. The Hall–Kier alpha value is 0.130. The monoisotopic (exact) mass is 336 g/mol. The van der Waals surface area contributed by atoms with Gasteiger partial charge in [-0.3, -0.25) is 0 Å². The van der Waals surface area contributed by atoms with Gasteiger partial charge in [0.1, 0.15) is 0 Å². The molecule has 0 aromatic carbocycles. The van der Waals surface area contributed by atoms with E-state index < -0.39 is 9.84 Å². The minimum Gasteiger partial charge on any atom is -0.228 e. The first kappa shape index (κ1) is 13.6. The van der Waals surface area contributed by atoms with E-state index in [1.165, 1.54) is 15.3 Å². The first-order valence-electron chi connectivity index (χ1n) is 5.84. The van der Waals surface area contributed by atoms with Crippen LogP contribution in [-0.2, 0) is 9.84 Å². The number of thiophene rings is 1. The number of rotatable bonds is 2. The fourth-order valence-corrected chi connectivity index (χ4v) is 7.40. The molecule has 2 heterocycles. The normalized spacial score (nSPS) is 25.7. The predicted octanol–water partition coefficient (Wildman–Crippen LogP) is 3.77. The van der Waals surface area contributed by atoms with Gasteiger partial charge in [-0.15, -0.1) is 11.3 Å². The molecule has 0 N–H and O–H groups in total. The van der Waals surface area contributed by atoms with Crippen molar-refractivity contribution in [2.24, 2.45) is 0 Å². The molecular weight excluding hydrogens is 320 g/mol. The summed E-state index contributed by atoms with van der Waals surface area (Å²) in [6, 6.07) is 2.13. The molecule has 2 rings (SSSR count). The third kappa shape index (κ3) is 2.76. The van der Waals surface area contributed by atoms with Crippen molar-refractivity contribution in [2.75, 3.05) is 5.75 Å². The number of halogens is 1. The molecule has 0 saturated carbocycles. The second kappa shape index (κ2) is 5.02. The summed E-state index contributed by atoms with van der Waals surface area (Å²) in [6.45, 7) is 4.12. The van der Waals surface area contributed by atoms with Crippen LogP contribution in [0.15, 0.2) is 6.07 Å². The highest BCUT2D eigenvalue weighted by atomic mass is 79.9. The van der Waals surface area contributed by atoms with Gasteiger partial charge in [0.05, 0.1) is 15.8 Å². The Bertz CT molecular complexity index is 505. The molecule has 2 unspecified atom stereocenters. The van der Waals surface area contributed by atoms with Gasteiger partial charge in [-0.05, 0) is 38.3 Å². The van der Waals surface area contributed by atoms with Crippen LogP contribution in [0.1, 0.15) is 39.4 Å². The van der Waals surface area contributed by atoms with Crippen LogP contribution in [0.3, 0.4) is 0 Å². The quantitative estimate of drug-likeness (QED) is 0.770. The van der Waals surface area contributed by atoms with Crippen LogP contribution in [0.5, 0.6) is 0 Å². The zero-order valence-corrected chi connectivity index (χ0v) is 13.3. The van der Waals surface area contributed by atoms with Crippen molar-refractivity contribution in [3.8, 4) is 0 Å². The molecule has 96 valence electrons. The number of hydrogen-bond donors (Lipinski definition) is 0. The van der Waals surface area contributed by atoms with Crippen molar-refractivity contribution in [3.05, 3.63) is 21.4 Å². The first-order valence-corrected chi connectivity index (χ1v) is 9.29. The van der Waals surface area contributed by atoms with Gasteiger partial charge in [0.25, 0.3) is 0 Å². The molecule has 17 heavy (non-hydrogen) atoms. The average molecular weight is 337 g/mol. The summed E-state index contributed by atoms with van der Waals surface area (Å²) in [5, 5.41) is -0.243. The summed E-state index contributed by atoms with van der Waals surface area (Å²) in [5.41, 5.74) is 1.20. The Morgan fingerprint density at radius 1 is 1.41 bits per heavy atom. The van der Waals surface area contributed by atoms with Crippen molar-refractivity contribution in [1.29, 1.82) is 0 Å². The highest BCUT2D eigenvalue weighted by molar-refractivity contribution is 9.09. The second-order valence-electron chi connectivity index (χ2n) is 4.71. The van der Waals surface area contributed by atoms with Gasteiger partial charge >= 0.3 is 0 Å². The van der Waals surface area contributed by atoms with E-state index in [1.54, 1.807) is 11.3 Å². The molecule has 2 nitrogen and oxygen atoms in total. The molecule has 5 heteroatoms. The van der Waals surface area contributed by atoms with Crippen LogP contribution in [0.4, 0.5) is 0 Å². The van der Waals surface area contributed by atoms with Crippen LogP contribution in [-0.4, -0.2) is 19.4 Å². The summed E-state index contributed by atoms with van der Waals surface area (Å²) >= 11 is 5.32. The summed E-state index contributed by atoms with van der Waals surface area (Å²) in [4.78, 5) is 2.39. The number of alkyl halides is 1. The van der Waals surface area contributed by atoms with Crippen LogP contribution < -0.4 is 0 Å². The molecule has 1 aliphatic heterocycles. The van der Waals surface area contributed by atoms with Gasteiger partial charge in [-0.2, -0.15) is 0 Å². The molecule has 0 radical (unpaired) electrons. The van der Waals surface area contributed by atoms with E-state index in [0.717, 1.165) is 19.3 Å². The average Bonchev–Trinajstić information content (AvgIpc) is 2.56. The Balaban J connectivity index is 2.31. The number of aryl methyl sites for hydroxylation is 2. The fourth-order valence-electron chi connectivity index (χ4n) is 2.41. The molecule has 1 aromatic rings. The van der Waals surface area contributed by atoms with E-state index in [4.69, 9.17) is 0 Å². The van der Waals surface area contributed by atoms with Gasteiger partial charge < -0.3 is 0 Å².